The zero-order valence-electron chi connectivity index (χ0n) is 19.5. The van der Waals surface area contributed by atoms with Gasteiger partial charge in [-0.3, -0.25) is 14.4 Å². The van der Waals surface area contributed by atoms with E-state index in [1.807, 2.05) is 0 Å². The van der Waals surface area contributed by atoms with Crippen molar-refractivity contribution in [3.05, 3.63) is 46.8 Å². The lowest BCUT2D eigenvalue weighted by Crippen LogP contribution is -2.43. The minimum Gasteiger partial charge on any atom is -0.351 e. The van der Waals surface area contributed by atoms with Crippen LogP contribution in [-0.4, -0.2) is 61.8 Å². The number of anilines is 1. The molecule has 15 heteroatoms. The van der Waals surface area contributed by atoms with E-state index in [2.05, 4.69) is 15.4 Å². The second-order valence-electron chi connectivity index (χ2n) is 8.69. The van der Waals surface area contributed by atoms with Crippen molar-refractivity contribution in [3.63, 3.8) is 0 Å². The predicted molar refractivity (Wildman–Crippen MR) is 121 cm³/mol. The number of likely N-dealkylation sites (N-methyl/N-ethyl adjacent to an activating group) is 1. The maximum atomic E-state index is 15.6. The molecule has 1 aromatic heterocycles. The Kier molecular flexibility index (Phi) is 7.28. The van der Waals surface area contributed by atoms with Gasteiger partial charge in [0.15, 0.2) is 23.3 Å². The molecular weight excluding hydrogens is 522 g/mol. The minimum absolute atomic E-state index is 0.0501. The molecule has 0 bridgehead atoms. The fourth-order valence-corrected chi connectivity index (χ4v) is 6.16. The van der Waals surface area contributed by atoms with Gasteiger partial charge < -0.3 is 20.1 Å². The molecule has 0 spiro atoms. The Balaban J connectivity index is 1.62. The van der Waals surface area contributed by atoms with Crippen LogP contribution < -0.4 is 15.4 Å². The third-order valence-corrected chi connectivity index (χ3v) is 7.85. The summed E-state index contributed by atoms with van der Waals surface area (Å²) in [6.07, 6.45) is 1.37. The van der Waals surface area contributed by atoms with E-state index in [4.69, 9.17) is 0 Å². The van der Waals surface area contributed by atoms with Crippen LogP contribution in [0.15, 0.2) is 17.0 Å². The number of hydrogen-bond acceptors (Lipinski definition) is 5. The molecule has 0 aliphatic carbocycles. The van der Waals surface area contributed by atoms with Crippen molar-refractivity contribution in [3.8, 4) is 0 Å². The molecule has 10 nitrogen and oxygen atoms in total. The van der Waals surface area contributed by atoms with Crippen molar-refractivity contribution in [2.24, 2.45) is 0 Å². The molecule has 1 saturated heterocycles. The predicted octanol–water partition coefficient (Wildman–Crippen LogP) is 1.26. The van der Waals surface area contributed by atoms with Crippen molar-refractivity contribution in [2.45, 2.75) is 43.2 Å². The lowest BCUT2D eigenvalue weighted by atomic mass is 10.1. The highest BCUT2D eigenvalue weighted by atomic mass is 32.2. The van der Waals surface area contributed by atoms with Gasteiger partial charge in [-0.1, -0.05) is 0 Å². The van der Waals surface area contributed by atoms with Crippen LogP contribution in [0.5, 0.6) is 0 Å². The van der Waals surface area contributed by atoms with Gasteiger partial charge in [0.2, 0.25) is 10.0 Å². The van der Waals surface area contributed by atoms with Crippen LogP contribution in [0.1, 0.15) is 35.4 Å². The number of aromatic nitrogens is 1. The Bertz CT molecular complexity index is 1370. The number of likely N-dealkylation sites (tertiary alicyclic amines) is 1. The number of halogens is 4. The molecule has 37 heavy (non-hydrogen) atoms. The van der Waals surface area contributed by atoms with E-state index in [9.17, 15) is 36.0 Å². The molecular formula is C22H23F4N5O5S. The first-order chi connectivity index (χ1) is 17.4. The van der Waals surface area contributed by atoms with E-state index >= 15 is 4.39 Å². The standard InChI is InChI=1S/C22H23F4N5O5S/c1-27-21(33)22(34)30-7-5-11(10-30)29-37(35,36)19-15-4-2-3-6-31(15)18(17(19)26)20(32)28-12-8-13(23)16(25)14(24)9-12/h8-9,11,29H,2-7,10H2,1H3,(H,27,33)(H,28,32)/t11-/m1/s1. The number of carbonyl (C=O) groups is 3. The highest BCUT2D eigenvalue weighted by Gasteiger charge is 2.38. The summed E-state index contributed by atoms with van der Waals surface area (Å²) in [5.41, 5.74) is -1.08. The summed E-state index contributed by atoms with van der Waals surface area (Å²) in [7, 11) is -3.25. The molecule has 1 aromatic carbocycles. The molecule has 1 fully saturated rings. The van der Waals surface area contributed by atoms with Crippen LogP contribution in [0.2, 0.25) is 0 Å². The highest BCUT2D eigenvalue weighted by molar-refractivity contribution is 7.89. The topological polar surface area (TPSA) is 130 Å². The Morgan fingerprint density at radius 3 is 2.32 bits per heavy atom. The summed E-state index contributed by atoms with van der Waals surface area (Å²) in [6.45, 7) is 0.112. The molecule has 0 unspecified atom stereocenters. The van der Waals surface area contributed by atoms with Crippen molar-refractivity contribution in [2.75, 3.05) is 25.5 Å². The number of benzene rings is 1. The lowest BCUT2D eigenvalue weighted by molar-refractivity contribution is -0.144. The zero-order valence-corrected chi connectivity index (χ0v) is 20.4. The third kappa shape index (κ3) is 5.05. The minimum atomic E-state index is -4.53. The van der Waals surface area contributed by atoms with Crippen molar-refractivity contribution in [1.82, 2.24) is 19.5 Å². The Hall–Kier alpha value is -3.46. The highest BCUT2D eigenvalue weighted by Crippen LogP contribution is 2.32. The van der Waals surface area contributed by atoms with Gasteiger partial charge in [0, 0.05) is 56.2 Å². The fraction of sp³-hybridized carbons (Fsp3) is 0.409. The monoisotopic (exact) mass is 545 g/mol. The molecule has 200 valence electrons. The Morgan fingerprint density at radius 2 is 1.68 bits per heavy atom. The van der Waals surface area contributed by atoms with E-state index < -0.39 is 73.3 Å². The quantitative estimate of drug-likeness (QED) is 0.296. The molecule has 2 aliphatic heterocycles. The maximum Gasteiger partial charge on any atom is 0.311 e. The Labute approximate surface area is 209 Å². The number of hydrogen-bond donors (Lipinski definition) is 3. The van der Waals surface area contributed by atoms with Gasteiger partial charge in [0.1, 0.15) is 10.6 Å². The first-order valence-corrected chi connectivity index (χ1v) is 12.8. The van der Waals surface area contributed by atoms with Gasteiger partial charge in [-0.05, 0) is 25.7 Å². The number of amides is 3. The first-order valence-electron chi connectivity index (χ1n) is 11.3. The SMILES string of the molecule is CNC(=O)C(=O)N1CC[C@@H](NS(=O)(=O)c2c(F)c(C(=O)Nc3cc(F)c(F)c(F)c3)n3c2CCCC3)C1. The van der Waals surface area contributed by atoms with Gasteiger partial charge in [0.25, 0.3) is 5.91 Å². The van der Waals surface area contributed by atoms with Crippen LogP contribution in [0.25, 0.3) is 0 Å². The number of fused-ring (bicyclic) bond motifs is 1. The van der Waals surface area contributed by atoms with Gasteiger partial charge in [-0.15, -0.1) is 0 Å². The molecule has 1 atom stereocenters. The summed E-state index contributed by atoms with van der Waals surface area (Å²) in [5.74, 6) is -9.08. The second kappa shape index (κ2) is 10.1. The number of sulfonamides is 1. The summed E-state index contributed by atoms with van der Waals surface area (Å²) < 4.78 is 86.0. The van der Waals surface area contributed by atoms with Gasteiger partial charge in [0.05, 0.1) is 0 Å². The maximum absolute atomic E-state index is 15.6. The van der Waals surface area contributed by atoms with Gasteiger partial charge in [-0.25, -0.2) is 30.7 Å². The van der Waals surface area contributed by atoms with E-state index in [-0.39, 0.29) is 38.2 Å². The van der Waals surface area contributed by atoms with Crippen LogP contribution in [0.3, 0.4) is 0 Å². The molecule has 0 saturated carbocycles. The average molecular weight is 546 g/mol. The molecule has 2 aromatic rings. The van der Waals surface area contributed by atoms with Crippen molar-refractivity contribution >= 4 is 33.4 Å². The Morgan fingerprint density at radius 1 is 1.00 bits per heavy atom. The zero-order chi connectivity index (χ0) is 27.1. The van der Waals surface area contributed by atoms with Gasteiger partial charge in [-0.2, -0.15) is 0 Å². The summed E-state index contributed by atoms with van der Waals surface area (Å²) in [6, 6.07) is 0.221. The summed E-state index contributed by atoms with van der Waals surface area (Å²) >= 11 is 0. The second-order valence-corrected chi connectivity index (χ2v) is 10.3. The van der Waals surface area contributed by atoms with Crippen LogP contribution >= 0.6 is 0 Å². The number of carbonyl (C=O) groups excluding carboxylic acids is 3. The molecule has 3 amide bonds. The largest absolute Gasteiger partial charge is 0.351 e. The van der Waals surface area contributed by atoms with Crippen LogP contribution in [-0.2, 0) is 32.6 Å². The number of nitrogens with one attached hydrogen (secondary N) is 3. The first kappa shape index (κ1) is 26.6. The number of nitrogens with zero attached hydrogens (tertiary/aromatic N) is 2. The average Bonchev–Trinajstić information content (AvgIpc) is 3.42. The van der Waals surface area contributed by atoms with E-state index in [0.717, 1.165) is 4.90 Å². The summed E-state index contributed by atoms with van der Waals surface area (Å²) in [5, 5.41) is 4.28. The van der Waals surface area contributed by atoms with E-state index in [0.29, 0.717) is 25.0 Å². The summed E-state index contributed by atoms with van der Waals surface area (Å²) in [4.78, 5) is 37.0. The van der Waals surface area contributed by atoms with Crippen LogP contribution in [0.4, 0.5) is 23.2 Å². The van der Waals surface area contributed by atoms with Crippen LogP contribution in [0, 0.1) is 23.3 Å². The smallest absolute Gasteiger partial charge is 0.311 e. The van der Waals surface area contributed by atoms with E-state index in [1.54, 1.807) is 0 Å². The molecule has 2 aliphatic rings. The lowest BCUT2D eigenvalue weighted by Gasteiger charge is -2.19. The van der Waals surface area contributed by atoms with Crippen molar-refractivity contribution < 1.29 is 40.4 Å². The fourth-order valence-electron chi connectivity index (χ4n) is 4.55. The van der Waals surface area contributed by atoms with Crippen molar-refractivity contribution in [1.29, 1.82) is 0 Å². The molecule has 4 rings (SSSR count). The number of rotatable bonds is 5. The van der Waals surface area contributed by atoms with E-state index in [1.165, 1.54) is 11.6 Å². The molecule has 3 N–H and O–H groups in total. The van der Waals surface area contributed by atoms with Gasteiger partial charge >= 0.3 is 11.8 Å². The molecule has 3 heterocycles. The molecule has 0 radical (unpaired) electrons. The normalized spacial score (nSPS) is 17.4. The third-order valence-electron chi connectivity index (χ3n) is 6.25.